The first-order chi connectivity index (χ1) is 14.9. The minimum Gasteiger partial charge on any atom is -0.405 e. The topological polar surface area (TPSA) is 142 Å². The molecule has 0 unspecified atom stereocenters. The Bertz CT molecular complexity index is 974. The first-order valence-corrected chi connectivity index (χ1v) is 10.1. The highest BCUT2D eigenvalue weighted by Gasteiger charge is 2.33. The number of benzene rings is 1. The van der Waals surface area contributed by atoms with E-state index < -0.39 is 11.3 Å². The van der Waals surface area contributed by atoms with Crippen LogP contribution in [0.4, 0.5) is 30.6 Å². The van der Waals surface area contributed by atoms with Gasteiger partial charge in [-0.3, -0.25) is 10.1 Å². The lowest BCUT2D eigenvalue weighted by Gasteiger charge is -2.34. The van der Waals surface area contributed by atoms with Gasteiger partial charge in [-0.2, -0.15) is 4.98 Å². The van der Waals surface area contributed by atoms with E-state index in [9.17, 15) is 23.3 Å². The van der Waals surface area contributed by atoms with Crippen molar-refractivity contribution in [2.75, 3.05) is 11.1 Å². The van der Waals surface area contributed by atoms with Crippen molar-refractivity contribution in [3.63, 3.8) is 0 Å². The van der Waals surface area contributed by atoms with Crippen molar-refractivity contribution in [2.24, 2.45) is 11.7 Å². The largest absolute Gasteiger partial charge is 0.573 e. The predicted octanol–water partition coefficient (Wildman–Crippen LogP) is 3.93. The summed E-state index contributed by atoms with van der Waals surface area (Å²) >= 11 is 0. The molecule has 3 rings (SSSR count). The van der Waals surface area contributed by atoms with Gasteiger partial charge in [-0.1, -0.05) is 18.2 Å². The van der Waals surface area contributed by atoms with E-state index in [-0.39, 0.29) is 52.5 Å². The Morgan fingerprint density at radius 3 is 2.56 bits per heavy atom. The molecule has 0 bridgehead atoms. The number of para-hydroxylation sites is 1. The number of ether oxygens (including phenoxy) is 1. The molecule has 1 aromatic heterocycles. The van der Waals surface area contributed by atoms with Crippen LogP contribution < -0.4 is 21.5 Å². The number of aromatic nitrogens is 2. The second-order valence-electron chi connectivity index (χ2n) is 8.30. The molecule has 0 atom stereocenters. The third kappa shape index (κ3) is 6.19. The van der Waals surface area contributed by atoms with Crippen LogP contribution in [-0.4, -0.2) is 26.8 Å². The fourth-order valence-corrected chi connectivity index (χ4v) is 3.80. The Morgan fingerprint density at radius 1 is 1.28 bits per heavy atom. The maximum Gasteiger partial charge on any atom is 0.573 e. The standard InChI is InChI=1S/C20H25F3N6O3/c1-19(25)8-6-12(7-9-19)10-14-16(29(30)31)17(24)28-18(27-14)26-11-13-4-2-3-5-15(13)32-20(21,22)23/h2-5,12H,6-11,25H2,1H3,(H3,24,26,27,28)/t12-,19+. The van der Waals surface area contributed by atoms with Crippen LogP contribution in [-0.2, 0) is 13.0 Å². The SMILES string of the molecule is C[C@]1(N)CC[C@@H](Cc2nc(NCc3ccccc3OC(F)(F)F)nc(N)c2[N+](=O)[O-])CC1. The third-order valence-corrected chi connectivity index (χ3v) is 5.53. The van der Waals surface area contributed by atoms with Gasteiger partial charge >= 0.3 is 12.0 Å². The molecule has 0 aliphatic heterocycles. The highest BCUT2D eigenvalue weighted by atomic mass is 19.4. The fourth-order valence-electron chi connectivity index (χ4n) is 3.80. The minimum atomic E-state index is -4.84. The van der Waals surface area contributed by atoms with Gasteiger partial charge in [0.05, 0.1) is 4.92 Å². The first kappa shape index (κ1) is 23.5. The maximum absolute atomic E-state index is 12.6. The number of nitrogens with two attached hydrogens (primary N) is 2. The maximum atomic E-state index is 12.6. The molecule has 2 aromatic rings. The predicted molar refractivity (Wildman–Crippen MR) is 112 cm³/mol. The molecule has 1 heterocycles. The van der Waals surface area contributed by atoms with Crippen LogP contribution in [0.15, 0.2) is 24.3 Å². The molecule has 32 heavy (non-hydrogen) atoms. The molecule has 12 heteroatoms. The summed E-state index contributed by atoms with van der Waals surface area (Å²) in [5.74, 6) is -0.519. The van der Waals surface area contributed by atoms with Crippen LogP contribution in [0.1, 0.15) is 43.9 Å². The van der Waals surface area contributed by atoms with Gasteiger partial charge in [0.2, 0.25) is 11.8 Å². The van der Waals surface area contributed by atoms with Gasteiger partial charge in [-0.25, -0.2) is 4.98 Å². The van der Waals surface area contributed by atoms with E-state index >= 15 is 0 Å². The van der Waals surface area contributed by atoms with E-state index in [4.69, 9.17) is 11.5 Å². The molecule has 1 aliphatic rings. The van der Waals surface area contributed by atoms with Crippen molar-refractivity contribution in [2.45, 2.75) is 57.5 Å². The van der Waals surface area contributed by atoms with Crippen LogP contribution in [0.3, 0.4) is 0 Å². The van der Waals surface area contributed by atoms with Gasteiger partial charge in [-0.15, -0.1) is 13.2 Å². The fraction of sp³-hybridized carbons (Fsp3) is 0.500. The summed E-state index contributed by atoms with van der Waals surface area (Å²) in [4.78, 5) is 19.1. The molecule has 1 saturated carbocycles. The lowest BCUT2D eigenvalue weighted by Crippen LogP contribution is -2.40. The molecule has 1 fully saturated rings. The second kappa shape index (κ2) is 9.15. The summed E-state index contributed by atoms with van der Waals surface area (Å²) < 4.78 is 41.9. The van der Waals surface area contributed by atoms with Crippen molar-refractivity contribution in [3.05, 3.63) is 45.6 Å². The molecule has 174 valence electrons. The molecule has 1 aromatic carbocycles. The molecular formula is C20H25F3N6O3. The third-order valence-electron chi connectivity index (χ3n) is 5.53. The van der Waals surface area contributed by atoms with Gasteiger partial charge < -0.3 is 21.5 Å². The number of alkyl halides is 3. The van der Waals surface area contributed by atoms with Crippen LogP contribution >= 0.6 is 0 Å². The smallest absolute Gasteiger partial charge is 0.405 e. The Kier molecular flexibility index (Phi) is 6.72. The first-order valence-electron chi connectivity index (χ1n) is 10.1. The van der Waals surface area contributed by atoms with Crippen LogP contribution in [0.5, 0.6) is 5.75 Å². The highest BCUT2D eigenvalue weighted by molar-refractivity contribution is 5.58. The van der Waals surface area contributed by atoms with Crippen molar-refractivity contribution >= 4 is 17.5 Å². The lowest BCUT2D eigenvalue weighted by molar-refractivity contribution is -0.385. The molecule has 0 saturated heterocycles. The molecule has 0 spiro atoms. The molecule has 0 radical (unpaired) electrons. The zero-order chi connectivity index (χ0) is 23.5. The number of nitrogen functional groups attached to an aromatic ring is 1. The zero-order valence-electron chi connectivity index (χ0n) is 17.5. The van der Waals surface area contributed by atoms with Crippen LogP contribution in [0, 0.1) is 16.0 Å². The Balaban J connectivity index is 1.79. The van der Waals surface area contributed by atoms with E-state index in [0.717, 1.165) is 25.7 Å². The number of rotatable bonds is 7. The molecule has 9 nitrogen and oxygen atoms in total. The van der Waals surface area contributed by atoms with Crippen molar-refractivity contribution in [1.82, 2.24) is 9.97 Å². The summed E-state index contributed by atoms with van der Waals surface area (Å²) in [5.41, 5.74) is 11.8. The van der Waals surface area contributed by atoms with E-state index in [1.807, 2.05) is 6.92 Å². The Hall–Kier alpha value is -3.15. The summed E-state index contributed by atoms with van der Waals surface area (Å²) in [6.45, 7) is 1.88. The average Bonchev–Trinajstić information content (AvgIpc) is 2.67. The number of halogens is 3. The van der Waals surface area contributed by atoms with E-state index in [1.54, 1.807) is 6.07 Å². The number of hydrogen-bond donors (Lipinski definition) is 3. The van der Waals surface area contributed by atoms with Crippen molar-refractivity contribution in [1.29, 1.82) is 0 Å². The van der Waals surface area contributed by atoms with Crippen molar-refractivity contribution in [3.8, 4) is 5.75 Å². The van der Waals surface area contributed by atoms with Gasteiger partial charge in [0.1, 0.15) is 11.4 Å². The number of hydrogen-bond acceptors (Lipinski definition) is 8. The number of nitrogens with one attached hydrogen (secondary N) is 1. The molecule has 5 N–H and O–H groups in total. The molecule has 1 aliphatic carbocycles. The average molecular weight is 454 g/mol. The monoisotopic (exact) mass is 454 g/mol. The number of nitrogens with zero attached hydrogens (tertiary/aromatic N) is 3. The summed E-state index contributed by atoms with van der Waals surface area (Å²) in [6, 6.07) is 5.62. The van der Waals surface area contributed by atoms with Crippen molar-refractivity contribution < 1.29 is 22.8 Å². The van der Waals surface area contributed by atoms with Crippen LogP contribution in [0.2, 0.25) is 0 Å². The van der Waals surface area contributed by atoms with Gasteiger partial charge in [0.15, 0.2) is 0 Å². The minimum absolute atomic E-state index is 0.00983. The molecule has 0 amide bonds. The lowest BCUT2D eigenvalue weighted by atomic mass is 9.76. The number of nitro groups is 1. The highest BCUT2D eigenvalue weighted by Crippen LogP contribution is 2.35. The number of anilines is 2. The van der Waals surface area contributed by atoms with Crippen LogP contribution in [0.25, 0.3) is 0 Å². The summed E-state index contributed by atoms with van der Waals surface area (Å²) in [5, 5.41) is 14.3. The van der Waals surface area contributed by atoms with Gasteiger partial charge in [0.25, 0.3) is 0 Å². The van der Waals surface area contributed by atoms with E-state index in [0.29, 0.717) is 6.42 Å². The quantitative estimate of drug-likeness (QED) is 0.422. The second-order valence-corrected chi connectivity index (χ2v) is 8.30. The normalized spacial score (nSPS) is 21.2. The summed E-state index contributed by atoms with van der Waals surface area (Å²) in [7, 11) is 0. The molecular weight excluding hydrogens is 429 g/mol. The van der Waals surface area contributed by atoms with Gasteiger partial charge in [-0.05, 0) is 51.0 Å². The van der Waals surface area contributed by atoms with Gasteiger partial charge in [0, 0.05) is 17.6 Å². The van der Waals surface area contributed by atoms with E-state index in [2.05, 4.69) is 20.0 Å². The Morgan fingerprint density at radius 2 is 1.94 bits per heavy atom. The Labute approximate surface area is 182 Å². The summed E-state index contributed by atoms with van der Waals surface area (Å²) in [6.07, 6.45) is -1.29. The van der Waals surface area contributed by atoms with E-state index in [1.165, 1.54) is 18.2 Å². The zero-order valence-corrected chi connectivity index (χ0v) is 17.5.